The Morgan fingerprint density at radius 2 is 1.94 bits per heavy atom. The van der Waals surface area contributed by atoms with Gasteiger partial charge in [0, 0.05) is 13.7 Å². The highest BCUT2D eigenvalue weighted by Crippen LogP contribution is 2.08. The highest BCUT2D eigenvalue weighted by molar-refractivity contribution is 5.81. The zero-order chi connectivity index (χ0) is 12.7. The van der Waals surface area contributed by atoms with Gasteiger partial charge in [-0.2, -0.15) is 0 Å². The average Bonchev–Trinajstić information content (AvgIpc) is 2.17. The van der Waals surface area contributed by atoms with Crippen LogP contribution in [0.15, 0.2) is 0 Å². The van der Waals surface area contributed by atoms with Gasteiger partial charge in [-0.25, -0.2) is 0 Å². The molecule has 0 fully saturated rings. The van der Waals surface area contributed by atoms with Gasteiger partial charge in [-0.1, -0.05) is 13.8 Å². The lowest BCUT2D eigenvalue weighted by Crippen LogP contribution is -2.49. The van der Waals surface area contributed by atoms with E-state index in [1.54, 1.807) is 12.0 Å². The monoisotopic (exact) mass is 230 g/mol. The van der Waals surface area contributed by atoms with Crippen molar-refractivity contribution in [3.8, 4) is 0 Å². The molecule has 96 valence electrons. The van der Waals surface area contributed by atoms with Crippen molar-refractivity contribution in [2.24, 2.45) is 11.7 Å². The van der Waals surface area contributed by atoms with E-state index in [2.05, 4.69) is 13.8 Å². The Bertz CT molecular complexity index is 207. The van der Waals surface area contributed by atoms with Crippen molar-refractivity contribution in [3.63, 3.8) is 0 Å². The summed E-state index contributed by atoms with van der Waals surface area (Å²) in [5.41, 5.74) is 5.90. The molecule has 0 rings (SSSR count). The summed E-state index contributed by atoms with van der Waals surface area (Å²) in [5.74, 6) is 0.469. The van der Waals surface area contributed by atoms with E-state index in [-0.39, 0.29) is 18.0 Å². The second-order valence-electron chi connectivity index (χ2n) is 4.66. The lowest BCUT2D eigenvalue weighted by molar-refractivity contribution is -0.135. The smallest absolute Gasteiger partial charge is 0.239 e. The lowest BCUT2D eigenvalue weighted by Gasteiger charge is -2.30. The van der Waals surface area contributed by atoms with Crippen molar-refractivity contribution in [1.29, 1.82) is 0 Å². The number of nitrogens with two attached hydrogens (primary N) is 1. The summed E-state index contributed by atoms with van der Waals surface area (Å²) in [7, 11) is 1.64. The van der Waals surface area contributed by atoms with E-state index in [1.165, 1.54) is 0 Å². The number of rotatable bonds is 7. The molecule has 4 heteroatoms. The fourth-order valence-electron chi connectivity index (χ4n) is 1.84. The van der Waals surface area contributed by atoms with Gasteiger partial charge in [0.1, 0.15) is 0 Å². The van der Waals surface area contributed by atoms with Crippen LogP contribution in [0.25, 0.3) is 0 Å². The van der Waals surface area contributed by atoms with Gasteiger partial charge in [-0.3, -0.25) is 4.79 Å². The van der Waals surface area contributed by atoms with Gasteiger partial charge in [-0.15, -0.1) is 0 Å². The molecule has 0 aromatic rings. The predicted molar refractivity (Wildman–Crippen MR) is 66.2 cm³/mol. The number of nitrogens with zero attached hydrogens (tertiary/aromatic N) is 1. The summed E-state index contributed by atoms with van der Waals surface area (Å²) in [6, 6.07) is -0.306. The summed E-state index contributed by atoms with van der Waals surface area (Å²) in [6.45, 7) is 9.31. The van der Waals surface area contributed by atoms with E-state index in [4.69, 9.17) is 10.5 Å². The first-order valence-electron chi connectivity index (χ1n) is 5.98. The van der Waals surface area contributed by atoms with Crippen LogP contribution in [0.5, 0.6) is 0 Å². The quantitative estimate of drug-likeness (QED) is 0.716. The fourth-order valence-corrected chi connectivity index (χ4v) is 1.84. The van der Waals surface area contributed by atoms with E-state index in [0.717, 1.165) is 6.42 Å². The molecule has 2 N–H and O–H groups in total. The Kier molecular flexibility index (Phi) is 7.34. The maximum atomic E-state index is 12.1. The minimum absolute atomic E-state index is 0.0285. The molecule has 1 amide bonds. The van der Waals surface area contributed by atoms with Crippen LogP contribution in [0, 0.1) is 5.92 Å². The molecule has 0 aliphatic rings. The SMILES string of the molecule is CCN(C(=O)[C@H](N)CC(C)C)C(C)COC. The Morgan fingerprint density at radius 3 is 2.31 bits per heavy atom. The normalized spacial score (nSPS) is 14.9. The van der Waals surface area contributed by atoms with Crippen molar-refractivity contribution >= 4 is 5.91 Å². The van der Waals surface area contributed by atoms with E-state index >= 15 is 0 Å². The van der Waals surface area contributed by atoms with Crippen LogP contribution >= 0.6 is 0 Å². The van der Waals surface area contributed by atoms with Crippen LogP contribution in [0.2, 0.25) is 0 Å². The van der Waals surface area contributed by atoms with Crippen LogP contribution in [-0.4, -0.2) is 43.2 Å². The Hall–Kier alpha value is -0.610. The third kappa shape index (κ3) is 4.94. The average molecular weight is 230 g/mol. The molecule has 0 bridgehead atoms. The van der Waals surface area contributed by atoms with Crippen molar-refractivity contribution in [2.45, 2.75) is 46.2 Å². The highest BCUT2D eigenvalue weighted by Gasteiger charge is 2.24. The molecule has 0 spiro atoms. The zero-order valence-corrected chi connectivity index (χ0v) is 11.2. The highest BCUT2D eigenvalue weighted by atomic mass is 16.5. The summed E-state index contributed by atoms with van der Waals surface area (Å²) in [5, 5.41) is 0. The molecule has 0 saturated carbocycles. The lowest BCUT2D eigenvalue weighted by atomic mass is 10.0. The molecular formula is C12H26N2O2. The van der Waals surface area contributed by atoms with E-state index in [9.17, 15) is 4.79 Å². The van der Waals surface area contributed by atoms with Crippen molar-refractivity contribution in [3.05, 3.63) is 0 Å². The van der Waals surface area contributed by atoms with Crippen LogP contribution in [-0.2, 0) is 9.53 Å². The first kappa shape index (κ1) is 15.4. The van der Waals surface area contributed by atoms with E-state index in [0.29, 0.717) is 19.1 Å². The van der Waals surface area contributed by atoms with Crippen LogP contribution in [0.1, 0.15) is 34.1 Å². The molecule has 0 aliphatic heterocycles. The number of methoxy groups -OCH3 is 1. The first-order chi connectivity index (χ1) is 7.43. The number of carbonyl (C=O) groups excluding carboxylic acids is 1. The number of hydrogen-bond acceptors (Lipinski definition) is 3. The number of ether oxygens (including phenoxy) is 1. The molecular weight excluding hydrogens is 204 g/mol. The third-order valence-electron chi connectivity index (χ3n) is 2.61. The molecule has 0 saturated heterocycles. The largest absolute Gasteiger partial charge is 0.383 e. The second-order valence-corrected chi connectivity index (χ2v) is 4.66. The van der Waals surface area contributed by atoms with Crippen LogP contribution in [0.3, 0.4) is 0 Å². The summed E-state index contributed by atoms with van der Waals surface area (Å²) >= 11 is 0. The molecule has 0 aromatic heterocycles. The van der Waals surface area contributed by atoms with Gasteiger partial charge >= 0.3 is 0 Å². The Morgan fingerprint density at radius 1 is 1.38 bits per heavy atom. The van der Waals surface area contributed by atoms with Crippen LogP contribution < -0.4 is 5.73 Å². The first-order valence-corrected chi connectivity index (χ1v) is 5.98. The Balaban J connectivity index is 4.39. The van der Waals surface area contributed by atoms with E-state index in [1.807, 2.05) is 13.8 Å². The fraction of sp³-hybridized carbons (Fsp3) is 0.917. The molecule has 4 nitrogen and oxygen atoms in total. The standard InChI is InChI=1S/C12H26N2O2/c1-6-14(10(4)8-16-5)12(15)11(13)7-9(2)3/h9-11H,6-8,13H2,1-5H3/t10?,11-/m1/s1. The molecule has 0 aromatic carbocycles. The van der Waals surface area contributed by atoms with Crippen molar-refractivity contribution < 1.29 is 9.53 Å². The molecule has 2 atom stereocenters. The summed E-state index contributed by atoms with van der Waals surface area (Å²) in [6.07, 6.45) is 0.731. The summed E-state index contributed by atoms with van der Waals surface area (Å²) < 4.78 is 5.06. The van der Waals surface area contributed by atoms with Gasteiger partial charge < -0.3 is 15.4 Å². The maximum absolute atomic E-state index is 12.1. The molecule has 1 unspecified atom stereocenters. The molecule has 0 heterocycles. The predicted octanol–water partition coefficient (Wildman–Crippen LogP) is 1.24. The molecule has 0 radical (unpaired) electrons. The van der Waals surface area contributed by atoms with Gasteiger partial charge in [0.15, 0.2) is 0 Å². The minimum Gasteiger partial charge on any atom is -0.383 e. The summed E-state index contributed by atoms with van der Waals surface area (Å²) in [4.78, 5) is 13.9. The third-order valence-corrected chi connectivity index (χ3v) is 2.61. The number of amides is 1. The van der Waals surface area contributed by atoms with Gasteiger partial charge in [0.2, 0.25) is 5.91 Å². The van der Waals surface area contributed by atoms with Crippen molar-refractivity contribution in [2.75, 3.05) is 20.3 Å². The number of carbonyl (C=O) groups is 1. The molecule has 0 aliphatic carbocycles. The van der Waals surface area contributed by atoms with E-state index < -0.39 is 0 Å². The minimum atomic E-state index is -0.390. The van der Waals surface area contributed by atoms with Gasteiger partial charge in [0.05, 0.1) is 18.7 Å². The Labute approximate surface area is 99.1 Å². The van der Waals surface area contributed by atoms with Crippen LogP contribution in [0.4, 0.5) is 0 Å². The second kappa shape index (κ2) is 7.63. The maximum Gasteiger partial charge on any atom is 0.239 e. The molecule has 16 heavy (non-hydrogen) atoms. The van der Waals surface area contributed by atoms with Crippen molar-refractivity contribution in [1.82, 2.24) is 4.90 Å². The van der Waals surface area contributed by atoms with Gasteiger partial charge in [-0.05, 0) is 26.2 Å². The zero-order valence-electron chi connectivity index (χ0n) is 11.2. The van der Waals surface area contributed by atoms with Gasteiger partial charge in [0.25, 0.3) is 0 Å². The topological polar surface area (TPSA) is 55.6 Å². The number of hydrogen-bond donors (Lipinski definition) is 1. The number of likely N-dealkylation sites (N-methyl/N-ethyl adjacent to an activating group) is 1.